The Morgan fingerprint density at radius 1 is 1.21 bits per heavy atom. The van der Waals surface area contributed by atoms with Gasteiger partial charge in [0.15, 0.2) is 5.96 Å². The van der Waals surface area contributed by atoms with E-state index in [1.54, 1.807) is 0 Å². The van der Waals surface area contributed by atoms with E-state index in [0.29, 0.717) is 18.2 Å². The van der Waals surface area contributed by atoms with E-state index >= 15 is 0 Å². The Labute approximate surface area is 186 Å². The SMILES string of the molecule is CCNC(=NCC1(c2ccccc2C)CCOCC1)NC1CC2CCC1O2.I. The van der Waals surface area contributed by atoms with Crippen molar-refractivity contribution in [2.45, 2.75) is 69.6 Å². The van der Waals surface area contributed by atoms with Crippen molar-refractivity contribution >= 4 is 29.9 Å². The van der Waals surface area contributed by atoms with E-state index in [2.05, 4.69) is 48.7 Å². The van der Waals surface area contributed by atoms with Crippen LogP contribution in [0.25, 0.3) is 0 Å². The fourth-order valence-electron chi connectivity index (χ4n) is 4.96. The topological polar surface area (TPSA) is 54.9 Å². The molecule has 3 aliphatic rings. The molecule has 2 N–H and O–H groups in total. The number of hydrogen-bond donors (Lipinski definition) is 2. The molecule has 0 aromatic heterocycles. The van der Waals surface area contributed by atoms with Gasteiger partial charge in [0, 0.05) is 25.2 Å². The standard InChI is InChI=1S/C22H33N3O2.HI/c1-3-23-21(25-19-14-17-8-9-20(19)27-17)24-15-22(10-12-26-13-11-22)18-7-5-4-6-16(18)2;/h4-7,17,19-20H,3,8-15H2,1-2H3,(H2,23,24,25);1H. The molecule has 3 unspecified atom stereocenters. The quantitative estimate of drug-likeness (QED) is 0.370. The summed E-state index contributed by atoms with van der Waals surface area (Å²) in [5.74, 6) is 0.929. The number of nitrogens with zero attached hydrogens (tertiary/aromatic N) is 1. The summed E-state index contributed by atoms with van der Waals surface area (Å²) in [7, 11) is 0. The van der Waals surface area contributed by atoms with Crippen molar-refractivity contribution in [2.24, 2.45) is 4.99 Å². The molecule has 3 fully saturated rings. The summed E-state index contributed by atoms with van der Waals surface area (Å²) in [4.78, 5) is 5.06. The molecule has 3 atom stereocenters. The van der Waals surface area contributed by atoms with Crippen LogP contribution in [0.3, 0.4) is 0 Å². The second kappa shape index (κ2) is 9.76. The predicted molar refractivity (Wildman–Crippen MR) is 124 cm³/mol. The van der Waals surface area contributed by atoms with Crippen LogP contribution >= 0.6 is 24.0 Å². The van der Waals surface area contributed by atoms with Gasteiger partial charge in [-0.25, -0.2) is 0 Å². The molecular formula is C22H34IN3O2. The minimum Gasteiger partial charge on any atom is -0.381 e. The maximum atomic E-state index is 6.00. The highest BCUT2D eigenvalue weighted by Crippen LogP contribution is 2.37. The van der Waals surface area contributed by atoms with Crippen molar-refractivity contribution in [2.75, 3.05) is 26.3 Å². The molecule has 0 radical (unpaired) electrons. The lowest BCUT2D eigenvalue weighted by Crippen LogP contribution is -2.48. The van der Waals surface area contributed by atoms with Gasteiger partial charge in [0.05, 0.1) is 24.8 Å². The highest BCUT2D eigenvalue weighted by Gasteiger charge is 2.41. The number of nitrogens with one attached hydrogen (secondary N) is 2. The minimum atomic E-state index is 0. The summed E-state index contributed by atoms with van der Waals surface area (Å²) in [6, 6.07) is 9.16. The number of fused-ring (bicyclic) bond motifs is 2. The monoisotopic (exact) mass is 499 g/mol. The average Bonchev–Trinajstić information content (AvgIpc) is 3.31. The first kappa shape index (κ1) is 21.8. The van der Waals surface area contributed by atoms with Gasteiger partial charge in [0.1, 0.15) is 0 Å². The lowest BCUT2D eigenvalue weighted by atomic mass is 9.72. The summed E-state index contributed by atoms with van der Waals surface area (Å²) in [6.07, 6.45) is 6.34. The van der Waals surface area contributed by atoms with Crippen molar-refractivity contribution in [3.63, 3.8) is 0 Å². The van der Waals surface area contributed by atoms with Crippen LogP contribution in [0.1, 0.15) is 50.2 Å². The third-order valence-corrected chi connectivity index (χ3v) is 6.48. The van der Waals surface area contributed by atoms with Crippen molar-refractivity contribution in [3.8, 4) is 0 Å². The van der Waals surface area contributed by atoms with Crippen LogP contribution in [0.15, 0.2) is 29.3 Å². The molecule has 3 saturated heterocycles. The van der Waals surface area contributed by atoms with Gasteiger partial charge in [-0.15, -0.1) is 24.0 Å². The molecule has 0 amide bonds. The summed E-state index contributed by atoms with van der Waals surface area (Å²) < 4.78 is 11.7. The normalized spacial score (nSPS) is 28.6. The summed E-state index contributed by atoms with van der Waals surface area (Å²) >= 11 is 0. The highest BCUT2D eigenvalue weighted by molar-refractivity contribution is 14.0. The molecule has 6 heteroatoms. The summed E-state index contributed by atoms with van der Waals surface area (Å²) in [6.45, 7) is 7.63. The second-order valence-corrected chi connectivity index (χ2v) is 8.26. The van der Waals surface area contributed by atoms with Gasteiger partial charge < -0.3 is 20.1 Å². The first-order valence-corrected chi connectivity index (χ1v) is 10.5. The molecule has 1 aromatic carbocycles. The maximum absolute atomic E-state index is 6.00. The number of ether oxygens (including phenoxy) is 2. The third kappa shape index (κ3) is 4.65. The van der Waals surface area contributed by atoms with Gasteiger partial charge in [0.2, 0.25) is 0 Å². The molecule has 156 valence electrons. The molecule has 28 heavy (non-hydrogen) atoms. The molecule has 2 bridgehead atoms. The molecule has 3 heterocycles. The van der Waals surface area contributed by atoms with Gasteiger partial charge in [0.25, 0.3) is 0 Å². The minimum absolute atomic E-state index is 0. The lowest BCUT2D eigenvalue weighted by Gasteiger charge is -2.38. The summed E-state index contributed by atoms with van der Waals surface area (Å²) in [5, 5.41) is 7.10. The predicted octanol–water partition coefficient (Wildman–Crippen LogP) is 3.54. The molecule has 3 aliphatic heterocycles. The second-order valence-electron chi connectivity index (χ2n) is 8.26. The smallest absolute Gasteiger partial charge is 0.191 e. The van der Waals surface area contributed by atoms with Crippen LogP contribution < -0.4 is 10.6 Å². The highest BCUT2D eigenvalue weighted by atomic mass is 127. The van der Waals surface area contributed by atoms with E-state index in [1.807, 2.05) is 0 Å². The van der Waals surface area contributed by atoms with Gasteiger partial charge in [-0.1, -0.05) is 24.3 Å². The Balaban J connectivity index is 0.00000225. The maximum Gasteiger partial charge on any atom is 0.191 e. The Bertz CT molecular complexity index is 676. The van der Waals surface area contributed by atoms with E-state index in [9.17, 15) is 0 Å². The lowest BCUT2D eigenvalue weighted by molar-refractivity contribution is 0.0529. The van der Waals surface area contributed by atoms with Crippen molar-refractivity contribution in [3.05, 3.63) is 35.4 Å². The van der Waals surface area contributed by atoms with Gasteiger partial charge in [-0.3, -0.25) is 4.99 Å². The van der Waals surface area contributed by atoms with E-state index in [1.165, 1.54) is 24.0 Å². The van der Waals surface area contributed by atoms with Crippen molar-refractivity contribution < 1.29 is 9.47 Å². The molecule has 5 nitrogen and oxygen atoms in total. The number of aryl methyl sites for hydroxylation is 1. The van der Waals surface area contributed by atoms with Gasteiger partial charge in [-0.2, -0.15) is 0 Å². The van der Waals surface area contributed by atoms with Crippen molar-refractivity contribution in [1.29, 1.82) is 0 Å². The Morgan fingerprint density at radius 3 is 2.64 bits per heavy atom. The van der Waals surface area contributed by atoms with E-state index in [0.717, 1.165) is 51.5 Å². The van der Waals surface area contributed by atoms with Gasteiger partial charge in [-0.05, 0) is 57.1 Å². The molecular weight excluding hydrogens is 465 g/mol. The van der Waals surface area contributed by atoms with Crippen LogP contribution in [0.5, 0.6) is 0 Å². The number of hydrogen-bond acceptors (Lipinski definition) is 3. The van der Waals surface area contributed by atoms with Crippen LogP contribution in [-0.4, -0.2) is 50.5 Å². The third-order valence-electron chi connectivity index (χ3n) is 6.48. The van der Waals surface area contributed by atoms with Crippen LogP contribution in [-0.2, 0) is 14.9 Å². The summed E-state index contributed by atoms with van der Waals surface area (Å²) in [5.41, 5.74) is 2.85. The largest absolute Gasteiger partial charge is 0.381 e. The van der Waals surface area contributed by atoms with E-state index < -0.39 is 0 Å². The first-order valence-electron chi connectivity index (χ1n) is 10.5. The zero-order chi connectivity index (χ0) is 18.7. The first-order chi connectivity index (χ1) is 13.2. The van der Waals surface area contributed by atoms with E-state index in [-0.39, 0.29) is 29.4 Å². The average molecular weight is 499 g/mol. The molecule has 0 aliphatic carbocycles. The Kier molecular flexibility index (Phi) is 7.61. The number of guanidine groups is 1. The van der Waals surface area contributed by atoms with E-state index in [4.69, 9.17) is 14.5 Å². The molecule has 0 saturated carbocycles. The number of aliphatic imine (C=N–C) groups is 1. The zero-order valence-corrected chi connectivity index (χ0v) is 19.4. The number of benzene rings is 1. The van der Waals surface area contributed by atoms with Crippen molar-refractivity contribution in [1.82, 2.24) is 10.6 Å². The zero-order valence-electron chi connectivity index (χ0n) is 17.1. The number of halogens is 1. The fraction of sp³-hybridized carbons (Fsp3) is 0.682. The van der Waals surface area contributed by atoms with Crippen LogP contribution in [0.4, 0.5) is 0 Å². The molecule has 1 aromatic rings. The molecule has 4 rings (SSSR count). The Hall–Kier alpha value is -0.860. The van der Waals surface area contributed by atoms with Gasteiger partial charge >= 0.3 is 0 Å². The fourth-order valence-corrected chi connectivity index (χ4v) is 4.96. The molecule has 0 spiro atoms. The number of rotatable bonds is 5. The Morgan fingerprint density at radius 2 is 2.00 bits per heavy atom. The van der Waals surface area contributed by atoms with Crippen LogP contribution in [0.2, 0.25) is 0 Å². The van der Waals surface area contributed by atoms with Crippen LogP contribution in [0, 0.1) is 6.92 Å².